The first-order chi connectivity index (χ1) is 11.0. The highest BCUT2D eigenvalue weighted by atomic mass is 35.5. The standard InChI is InChI=1S/C14H14Cl2N2O5/c1-22-2-3-23-17(8-19)12-7-13(20)18(14(12)21)11-5-9(15)4-10(16)6-11/h4-8,20-21H,2-3H2,1H3. The molecule has 7 nitrogen and oxygen atoms in total. The summed E-state index contributed by atoms with van der Waals surface area (Å²) in [5.74, 6) is -0.733. The lowest BCUT2D eigenvalue weighted by Gasteiger charge is -2.15. The third-order valence-corrected chi connectivity index (χ3v) is 3.33. The molecule has 0 bridgehead atoms. The average Bonchev–Trinajstić information content (AvgIpc) is 2.77. The molecule has 1 aromatic heterocycles. The summed E-state index contributed by atoms with van der Waals surface area (Å²) in [4.78, 5) is 16.3. The summed E-state index contributed by atoms with van der Waals surface area (Å²) in [6, 6.07) is 5.67. The zero-order chi connectivity index (χ0) is 17.0. The molecule has 0 aliphatic carbocycles. The van der Waals surface area contributed by atoms with E-state index >= 15 is 0 Å². The molecule has 1 heterocycles. The Morgan fingerprint density at radius 3 is 2.39 bits per heavy atom. The summed E-state index contributed by atoms with van der Waals surface area (Å²) in [5, 5.41) is 21.8. The molecule has 23 heavy (non-hydrogen) atoms. The SMILES string of the molecule is COCCON(C=O)c1cc(O)n(-c2cc(Cl)cc(Cl)c2)c1O. The number of amides is 1. The van der Waals surface area contributed by atoms with Crippen LogP contribution in [0.1, 0.15) is 0 Å². The van der Waals surface area contributed by atoms with Gasteiger partial charge in [0.15, 0.2) is 0 Å². The number of carbonyl (C=O) groups excluding carboxylic acids is 1. The first-order valence-electron chi connectivity index (χ1n) is 6.44. The largest absolute Gasteiger partial charge is 0.494 e. The number of benzene rings is 1. The van der Waals surface area contributed by atoms with Crippen LogP contribution in [0.2, 0.25) is 10.0 Å². The number of carbonyl (C=O) groups is 1. The Kier molecular flexibility index (Phi) is 5.73. The van der Waals surface area contributed by atoms with Crippen LogP contribution in [0.25, 0.3) is 5.69 Å². The van der Waals surface area contributed by atoms with E-state index in [1.165, 1.54) is 31.4 Å². The fourth-order valence-electron chi connectivity index (χ4n) is 1.94. The van der Waals surface area contributed by atoms with Gasteiger partial charge in [-0.25, -0.2) is 4.57 Å². The van der Waals surface area contributed by atoms with Gasteiger partial charge in [0.05, 0.1) is 18.9 Å². The molecule has 9 heteroatoms. The maximum absolute atomic E-state index is 11.1. The van der Waals surface area contributed by atoms with Crippen molar-refractivity contribution < 1.29 is 24.6 Å². The molecule has 0 aliphatic rings. The van der Waals surface area contributed by atoms with Crippen molar-refractivity contribution in [2.75, 3.05) is 25.4 Å². The molecular weight excluding hydrogens is 347 g/mol. The number of aromatic nitrogens is 1. The van der Waals surface area contributed by atoms with Crippen molar-refractivity contribution in [1.29, 1.82) is 0 Å². The topological polar surface area (TPSA) is 84.2 Å². The highest BCUT2D eigenvalue weighted by molar-refractivity contribution is 6.34. The summed E-state index contributed by atoms with van der Waals surface area (Å²) < 4.78 is 5.89. The van der Waals surface area contributed by atoms with Crippen LogP contribution in [0.3, 0.4) is 0 Å². The van der Waals surface area contributed by atoms with E-state index in [9.17, 15) is 15.0 Å². The van der Waals surface area contributed by atoms with Crippen molar-refractivity contribution in [3.63, 3.8) is 0 Å². The van der Waals surface area contributed by atoms with Crippen molar-refractivity contribution >= 4 is 35.3 Å². The smallest absolute Gasteiger partial charge is 0.238 e. The van der Waals surface area contributed by atoms with E-state index < -0.39 is 5.88 Å². The molecule has 0 fully saturated rings. The number of ether oxygens (including phenoxy) is 1. The Bertz CT molecular complexity index is 684. The van der Waals surface area contributed by atoms with Crippen molar-refractivity contribution in [2.24, 2.45) is 0 Å². The molecule has 2 N–H and O–H groups in total. The van der Waals surface area contributed by atoms with Crippen LogP contribution in [-0.4, -0.2) is 41.5 Å². The maximum Gasteiger partial charge on any atom is 0.238 e. The minimum atomic E-state index is -0.412. The summed E-state index contributed by atoms with van der Waals surface area (Å²) in [7, 11) is 1.48. The number of nitrogens with zero attached hydrogens (tertiary/aromatic N) is 2. The lowest BCUT2D eigenvalue weighted by Crippen LogP contribution is -2.23. The van der Waals surface area contributed by atoms with Crippen LogP contribution in [-0.2, 0) is 14.4 Å². The molecule has 124 valence electrons. The predicted molar refractivity (Wildman–Crippen MR) is 85.5 cm³/mol. The number of halogens is 2. The van der Waals surface area contributed by atoms with Crippen molar-refractivity contribution in [3.05, 3.63) is 34.3 Å². The monoisotopic (exact) mass is 360 g/mol. The molecule has 0 unspecified atom stereocenters. The van der Waals surface area contributed by atoms with Crippen LogP contribution in [0.5, 0.6) is 11.8 Å². The van der Waals surface area contributed by atoms with Crippen molar-refractivity contribution in [2.45, 2.75) is 0 Å². The summed E-state index contributed by atoms with van der Waals surface area (Å²) >= 11 is 11.8. The normalized spacial score (nSPS) is 10.7. The average molecular weight is 361 g/mol. The highest BCUT2D eigenvalue weighted by Gasteiger charge is 2.21. The summed E-state index contributed by atoms with van der Waals surface area (Å²) in [6.07, 6.45) is 0.361. The quantitative estimate of drug-likeness (QED) is 0.450. The van der Waals surface area contributed by atoms with Gasteiger partial charge in [-0.05, 0) is 18.2 Å². The van der Waals surface area contributed by atoms with Crippen LogP contribution in [0.15, 0.2) is 24.3 Å². The van der Waals surface area contributed by atoms with E-state index in [-0.39, 0.29) is 24.8 Å². The van der Waals surface area contributed by atoms with Crippen molar-refractivity contribution in [3.8, 4) is 17.4 Å². The Morgan fingerprint density at radius 1 is 1.17 bits per heavy atom. The second-order valence-corrected chi connectivity index (χ2v) is 5.30. The zero-order valence-corrected chi connectivity index (χ0v) is 13.6. The molecule has 1 aromatic carbocycles. The van der Waals surface area contributed by atoms with E-state index in [1.807, 2.05) is 0 Å². The van der Waals surface area contributed by atoms with Gasteiger partial charge in [-0.2, -0.15) is 5.06 Å². The highest BCUT2D eigenvalue weighted by Crippen LogP contribution is 2.38. The number of aromatic hydroxyl groups is 2. The van der Waals surface area contributed by atoms with Crippen LogP contribution in [0.4, 0.5) is 5.69 Å². The molecule has 0 saturated carbocycles. The lowest BCUT2D eigenvalue weighted by atomic mass is 10.3. The Hall–Kier alpha value is -1.93. The van der Waals surface area contributed by atoms with Gasteiger partial charge < -0.3 is 14.9 Å². The Labute approximate surface area is 142 Å². The second-order valence-electron chi connectivity index (χ2n) is 4.43. The molecule has 0 saturated heterocycles. The Balaban J connectivity index is 2.40. The minimum Gasteiger partial charge on any atom is -0.494 e. The third-order valence-electron chi connectivity index (χ3n) is 2.89. The number of methoxy groups -OCH3 is 1. The fourth-order valence-corrected chi connectivity index (χ4v) is 2.45. The van der Waals surface area contributed by atoms with Gasteiger partial charge in [-0.1, -0.05) is 23.2 Å². The molecule has 0 aliphatic heterocycles. The maximum atomic E-state index is 11.1. The lowest BCUT2D eigenvalue weighted by molar-refractivity contribution is -0.114. The van der Waals surface area contributed by atoms with Gasteiger partial charge in [0.1, 0.15) is 5.69 Å². The summed E-state index contributed by atoms with van der Waals surface area (Å²) in [5.41, 5.74) is 0.288. The van der Waals surface area contributed by atoms with E-state index in [1.54, 1.807) is 0 Å². The van der Waals surface area contributed by atoms with Gasteiger partial charge in [0.25, 0.3) is 0 Å². The molecule has 0 spiro atoms. The van der Waals surface area contributed by atoms with Gasteiger partial charge >= 0.3 is 0 Å². The van der Waals surface area contributed by atoms with Gasteiger partial charge in [-0.15, -0.1) is 0 Å². The van der Waals surface area contributed by atoms with Gasteiger partial charge in [0.2, 0.25) is 18.2 Å². The molecule has 2 aromatic rings. The number of anilines is 1. The number of hydroxylamine groups is 1. The molecular formula is C14H14Cl2N2O5. The van der Waals surface area contributed by atoms with Crippen LogP contribution in [0, 0.1) is 0 Å². The number of rotatable bonds is 7. The Morgan fingerprint density at radius 2 is 1.83 bits per heavy atom. The predicted octanol–water partition coefficient (Wildman–Crippen LogP) is 2.74. The molecule has 0 radical (unpaired) electrons. The molecule has 2 rings (SSSR count). The summed E-state index contributed by atoms with van der Waals surface area (Å²) in [6.45, 7) is 0.339. The van der Waals surface area contributed by atoms with Gasteiger partial charge in [0, 0.05) is 23.2 Å². The zero-order valence-electron chi connectivity index (χ0n) is 12.1. The van der Waals surface area contributed by atoms with Crippen LogP contribution >= 0.6 is 23.2 Å². The number of hydrogen-bond acceptors (Lipinski definition) is 5. The van der Waals surface area contributed by atoms with E-state index in [0.29, 0.717) is 22.1 Å². The minimum absolute atomic E-state index is 0.0373. The van der Waals surface area contributed by atoms with Crippen molar-refractivity contribution in [1.82, 2.24) is 4.57 Å². The number of hydrogen-bond donors (Lipinski definition) is 2. The molecule has 1 amide bonds. The van der Waals surface area contributed by atoms with E-state index in [2.05, 4.69) is 0 Å². The fraction of sp³-hybridized carbons (Fsp3) is 0.214. The van der Waals surface area contributed by atoms with E-state index in [0.717, 1.165) is 9.63 Å². The first-order valence-corrected chi connectivity index (χ1v) is 7.20. The van der Waals surface area contributed by atoms with Gasteiger partial charge in [-0.3, -0.25) is 9.63 Å². The second kappa shape index (κ2) is 7.56. The van der Waals surface area contributed by atoms with Crippen LogP contribution < -0.4 is 5.06 Å². The third kappa shape index (κ3) is 3.89. The first kappa shape index (κ1) is 17.4. The molecule has 0 atom stereocenters. The van der Waals surface area contributed by atoms with E-state index in [4.69, 9.17) is 32.8 Å².